The number of ether oxygens (including phenoxy) is 3. The summed E-state index contributed by atoms with van der Waals surface area (Å²) in [6, 6.07) is 5.22. The van der Waals surface area contributed by atoms with E-state index in [4.69, 9.17) is 18.6 Å². The van der Waals surface area contributed by atoms with Crippen LogP contribution in [0.1, 0.15) is 17.4 Å². The van der Waals surface area contributed by atoms with E-state index >= 15 is 0 Å². The predicted molar refractivity (Wildman–Crippen MR) is 71.0 cm³/mol. The Balaban J connectivity index is 2.38. The van der Waals surface area contributed by atoms with Gasteiger partial charge in [0.05, 0.1) is 26.4 Å². The molecule has 1 aromatic heterocycles. The smallest absolute Gasteiger partial charge is 0.360 e. The number of carbonyl (C=O) groups is 1. The number of rotatable bonds is 5. The van der Waals surface area contributed by atoms with Crippen LogP contribution in [-0.2, 0) is 4.74 Å². The van der Waals surface area contributed by atoms with Crippen molar-refractivity contribution in [2.75, 3.05) is 20.8 Å². The van der Waals surface area contributed by atoms with Gasteiger partial charge in [-0.05, 0) is 25.1 Å². The Bertz CT molecular complexity index is 605. The lowest BCUT2D eigenvalue weighted by Crippen LogP contribution is -2.04. The van der Waals surface area contributed by atoms with Crippen LogP contribution in [0.5, 0.6) is 11.5 Å². The van der Waals surface area contributed by atoms with Crippen molar-refractivity contribution in [3.63, 3.8) is 0 Å². The number of methoxy groups -OCH3 is 2. The van der Waals surface area contributed by atoms with Gasteiger partial charge in [-0.3, -0.25) is 0 Å². The lowest BCUT2D eigenvalue weighted by atomic mass is 10.2. The van der Waals surface area contributed by atoms with E-state index in [1.807, 2.05) is 0 Å². The summed E-state index contributed by atoms with van der Waals surface area (Å²) in [4.78, 5) is 15.7. The fourth-order valence-corrected chi connectivity index (χ4v) is 1.68. The summed E-state index contributed by atoms with van der Waals surface area (Å²) in [6.07, 6.45) is 1.26. The zero-order valence-electron chi connectivity index (χ0n) is 11.5. The first-order valence-electron chi connectivity index (χ1n) is 6.04. The molecule has 1 heterocycles. The number of carbonyl (C=O) groups excluding carboxylic acids is 1. The van der Waals surface area contributed by atoms with Gasteiger partial charge in [0.15, 0.2) is 5.69 Å². The van der Waals surface area contributed by atoms with Gasteiger partial charge < -0.3 is 18.6 Å². The number of oxazole rings is 1. The highest BCUT2D eigenvalue weighted by Gasteiger charge is 2.17. The highest BCUT2D eigenvalue weighted by molar-refractivity contribution is 5.87. The molecule has 1 aromatic carbocycles. The van der Waals surface area contributed by atoms with E-state index in [1.165, 1.54) is 6.26 Å². The average Bonchev–Trinajstić information content (AvgIpc) is 2.96. The van der Waals surface area contributed by atoms with E-state index in [0.29, 0.717) is 17.1 Å². The van der Waals surface area contributed by atoms with E-state index in [-0.39, 0.29) is 18.2 Å². The molecule has 0 spiro atoms. The minimum Gasteiger partial charge on any atom is -0.497 e. The van der Waals surface area contributed by atoms with E-state index in [9.17, 15) is 4.79 Å². The fourth-order valence-electron chi connectivity index (χ4n) is 1.68. The fraction of sp³-hybridized carbons (Fsp3) is 0.286. The second-order valence-corrected chi connectivity index (χ2v) is 3.82. The summed E-state index contributed by atoms with van der Waals surface area (Å²) in [5.41, 5.74) is 0.717. The number of esters is 1. The zero-order valence-corrected chi connectivity index (χ0v) is 11.5. The summed E-state index contributed by atoms with van der Waals surface area (Å²) in [7, 11) is 3.10. The molecule has 20 heavy (non-hydrogen) atoms. The van der Waals surface area contributed by atoms with Gasteiger partial charge in [0.1, 0.15) is 17.8 Å². The topological polar surface area (TPSA) is 70.8 Å². The molecule has 0 aliphatic heterocycles. The number of benzene rings is 1. The zero-order chi connectivity index (χ0) is 14.5. The lowest BCUT2D eigenvalue weighted by Gasteiger charge is -2.07. The maximum Gasteiger partial charge on any atom is 0.360 e. The molecule has 6 heteroatoms. The van der Waals surface area contributed by atoms with Crippen molar-refractivity contribution >= 4 is 5.97 Å². The largest absolute Gasteiger partial charge is 0.497 e. The van der Waals surface area contributed by atoms with Crippen LogP contribution in [-0.4, -0.2) is 31.8 Å². The van der Waals surface area contributed by atoms with Crippen LogP contribution in [0, 0.1) is 0 Å². The molecular formula is C14H15NO5. The SMILES string of the molecule is CCOC(=O)c1coc(-c2cc(OC)ccc2OC)n1. The minimum atomic E-state index is -0.524. The van der Waals surface area contributed by atoms with Crippen molar-refractivity contribution in [2.24, 2.45) is 0 Å². The minimum absolute atomic E-state index is 0.117. The summed E-state index contributed by atoms with van der Waals surface area (Å²) >= 11 is 0. The third-order valence-electron chi connectivity index (χ3n) is 2.63. The molecule has 0 N–H and O–H groups in total. The standard InChI is InChI=1S/C14H15NO5/c1-4-19-14(16)11-8-20-13(15-11)10-7-9(17-2)5-6-12(10)18-3/h5-8H,4H2,1-3H3. The summed E-state index contributed by atoms with van der Waals surface area (Å²) in [6.45, 7) is 2.01. The van der Waals surface area contributed by atoms with Gasteiger partial charge in [-0.25, -0.2) is 9.78 Å². The first kappa shape index (κ1) is 13.9. The first-order valence-corrected chi connectivity index (χ1v) is 6.04. The van der Waals surface area contributed by atoms with Crippen LogP contribution < -0.4 is 9.47 Å². The van der Waals surface area contributed by atoms with Crippen LogP contribution in [0.4, 0.5) is 0 Å². The van der Waals surface area contributed by atoms with E-state index in [2.05, 4.69) is 4.98 Å². The van der Waals surface area contributed by atoms with E-state index in [1.54, 1.807) is 39.3 Å². The average molecular weight is 277 g/mol. The van der Waals surface area contributed by atoms with Gasteiger partial charge in [0.2, 0.25) is 5.89 Å². The molecule has 0 atom stereocenters. The Morgan fingerprint density at radius 3 is 2.75 bits per heavy atom. The second-order valence-electron chi connectivity index (χ2n) is 3.82. The number of hydrogen-bond donors (Lipinski definition) is 0. The normalized spacial score (nSPS) is 10.2. The van der Waals surface area contributed by atoms with Crippen LogP contribution in [0.25, 0.3) is 11.5 Å². The molecule has 0 amide bonds. The summed E-state index contributed by atoms with van der Waals surface area (Å²) in [5, 5.41) is 0. The number of nitrogens with zero attached hydrogens (tertiary/aromatic N) is 1. The van der Waals surface area contributed by atoms with Crippen LogP contribution in [0.15, 0.2) is 28.9 Å². The predicted octanol–water partition coefficient (Wildman–Crippen LogP) is 2.54. The van der Waals surface area contributed by atoms with Crippen LogP contribution in [0.3, 0.4) is 0 Å². The van der Waals surface area contributed by atoms with Gasteiger partial charge >= 0.3 is 5.97 Å². The van der Waals surface area contributed by atoms with Gasteiger partial charge in [0, 0.05) is 0 Å². The van der Waals surface area contributed by atoms with Crippen molar-refractivity contribution in [3.05, 3.63) is 30.2 Å². The van der Waals surface area contributed by atoms with Gasteiger partial charge in [0.25, 0.3) is 0 Å². The molecule has 6 nitrogen and oxygen atoms in total. The Morgan fingerprint density at radius 2 is 2.10 bits per heavy atom. The molecule has 0 saturated carbocycles. The van der Waals surface area contributed by atoms with E-state index in [0.717, 1.165) is 0 Å². The third kappa shape index (κ3) is 2.74. The first-order chi connectivity index (χ1) is 9.69. The molecule has 106 valence electrons. The molecule has 0 saturated heterocycles. The molecule has 2 rings (SSSR count). The van der Waals surface area contributed by atoms with Crippen molar-refractivity contribution in [1.82, 2.24) is 4.98 Å². The summed E-state index contributed by atoms with van der Waals surface area (Å²) in [5.74, 6) is 0.952. The van der Waals surface area contributed by atoms with Gasteiger partial charge in [-0.15, -0.1) is 0 Å². The second kappa shape index (κ2) is 6.10. The Hall–Kier alpha value is -2.50. The van der Waals surface area contributed by atoms with Crippen LogP contribution in [0.2, 0.25) is 0 Å². The molecule has 0 bridgehead atoms. The molecule has 2 aromatic rings. The molecule has 0 unspecified atom stereocenters. The number of aromatic nitrogens is 1. The van der Waals surface area contributed by atoms with Gasteiger partial charge in [-0.2, -0.15) is 0 Å². The molecule has 0 aliphatic carbocycles. The summed E-state index contributed by atoms with van der Waals surface area (Å²) < 4.78 is 20.6. The highest BCUT2D eigenvalue weighted by Crippen LogP contribution is 2.32. The Labute approximate surface area is 116 Å². The van der Waals surface area contributed by atoms with Crippen molar-refractivity contribution in [2.45, 2.75) is 6.92 Å². The molecular weight excluding hydrogens is 262 g/mol. The van der Waals surface area contributed by atoms with Crippen LogP contribution >= 0.6 is 0 Å². The lowest BCUT2D eigenvalue weighted by molar-refractivity contribution is 0.0519. The maximum atomic E-state index is 11.6. The molecule has 0 radical (unpaired) electrons. The Morgan fingerprint density at radius 1 is 1.30 bits per heavy atom. The highest BCUT2D eigenvalue weighted by atomic mass is 16.5. The quantitative estimate of drug-likeness (QED) is 0.782. The van der Waals surface area contributed by atoms with Crippen molar-refractivity contribution < 1.29 is 23.4 Å². The van der Waals surface area contributed by atoms with Crippen molar-refractivity contribution in [1.29, 1.82) is 0 Å². The number of hydrogen-bond acceptors (Lipinski definition) is 6. The third-order valence-corrected chi connectivity index (χ3v) is 2.63. The Kier molecular flexibility index (Phi) is 4.24. The van der Waals surface area contributed by atoms with Gasteiger partial charge in [-0.1, -0.05) is 0 Å². The molecule has 0 aliphatic rings. The van der Waals surface area contributed by atoms with E-state index < -0.39 is 5.97 Å². The molecule has 0 fully saturated rings. The maximum absolute atomic E-state index is 11.6. The van der Waals surface area contributed by atoms with Crippen molar-refractivity contribution in [3.8, 4) is 23.0 Å². The monoisotopic (exact) mass is 277 g/mol.